The van der Waals surface area contributed by atoms with Crippen molar-refractivity contribution >= 4 is 23.2 Å². The molecule has 0 spiro atoms. The predicted octanol–water partition coefficient (Wildman–Crippen LogP) is 3.20. The van der Waals surface area contributed by atoms with E-state index in [-0.39, 0.29) is 12.1 Å². The van der Waals surface area contributed by atoms with E-state index in [0.717, 1.165) is 17.0 Å². The van der Waals surface area contributed by atoms with Gasteiger partial charge < -0.3 is 15.4 Å². The van der Waals surface area contributed by atoms with Crippen LogP contribution in [0.25, 0.3) is 0 Å². The zero-order valence-electron chi connectivity index (χ0n) is 10.8. The molecule has 3 rings (SSSR count). The predicted molar refractivity (Wildman–Crippen MR) is 78.3 cm³/mol. The third-order valence-electron chi connectivity index (χ3n) is 3.27. The smallest absolute Gasteiger partial charge is 0.256 e. The van der Waals surface area contributed by atoms with Crippen LogP contribution >= 0.6 is 11.6 Å². The van der Waals surface area contributed by atoms with Gasteiger partial charge in [0.15, 0.2) is 0 Å². The van der Waals surface area contributed by atoms with Crippen LogP contribution in [0.2, 0.25) is 5.02 Å². The lowest BCUT2D eigenvalue weighted by Gasteiger charge is -2.28. The zero-order valence-corrected chi connectivity index (χ0v) is 11.6. The third-order valence-corrected chi connectivity index (χ3v) is 3.58. The molecule has 2 aromatic carbocycles. The fourth-order valence-electron chi connectivity index (χ4n) is 2.23. The van der Waals surface area contributed by atoms with E-state index in [1.54, 1.807) is 13.2 Å². The fraction of sp³-hybridized carbons (Fsp3) is 0.133. The molecule has 0 fully saturated rings. The summed E-state index contributed by atoms with van der Waals surface area (Å²) in [6.07, 6.45) is -0.278. The van der Waals surface area contributed by atoms with E-state index in [2.05, 4.69) is 10.6 Å². The second-order valence-corrected chi connectivity index (χ2v) is 4.89. The molecule has 0 aromatic heterocycles. The van der Waals surface area contributed by atoms with Gasteiger partial charge in [0.25, 0.3) is 5.91 Å². The lowest BCUT2D eigenvalue weighted by Crippen LogP contribution is -2.38. The van der Waals surface area contributed by atoms with Crippen molar-refractivity contribution in [3.05, 3.63) is 58.6 Å². The monoisotopic (exact) mass is 288 g/mol. The van der Waals surface area contributed by atoms with E-state index in [1.165, 1.54) is 0 Å². The quantitative estimate of drug-likeness (QED) is 0.892. The van der Waals surface area contributed by atoms with Crippen molar-refractivity contribution in [3.8, 4) is 5.75 Å². The standard InChI is InChI=1S/C15H13ClN2O2/c1-20-10-7-5-9(6-8-10)14-17-12-4-2-3-11(16)13(12)15(19)18-14/h2-8,14,17H,1H3,(H,18,19). The number of halogens is 1. The zero-order chi connectivity index (χ0) is 14.1. The molecule has 2 aromatic rings. The van der Waals surface area contributed by atoms with Crippen LogP contribution in [-0.2, 0) is 0 Å². The van der Waals surface area contributed by atoms with Gasteiger partial charge in [-0.1, -0.05) is 29.8 Å². The van der Waals surface area contributed by atoms with Gasteiger partial charge in [-0.15, -0.1) is 0 Å². The molecule has 2 N–H and O–H groups in total. The van der Waals surface area contributed by atoms with E-state index >= 15 is 0 Å². The van der Waals surface area contributed by atoms with Gasteiger partial charge in [-0.05, 0) is 29.8 Å². The molecule has 1 aliphatic heterocycles. The molecule has 5 heteroatoms. The number of nitrogens with one attached hydrogen (secondary N) is 2. The second-order valence-electron chi connectivity index (χ2n) is 4.49. The molecule has 1 amide bonds. The van der Waals surface area contributed by atoms with Gasteiger partial charge in [0.05, 0.1) is 23.4 Å². The summed E-state index contributed by atoms with van der Waals surface area (Å²) >= 11 is 6.05. The molecule has 1 aliphatic rings. The van der Waals surface area contributed by atoms with Crippen LogP contribution in [0.4, 0.5) is 5.69 Å². The van der Waals surface area contributed by atoms with Crippen LogP contribution in [0.5, 0.6) is 5.75 Å². The summed E-state index contributed by atoms with van der Waals surface area (Å²) in [5, 5.41) is 6.60. The Labute approximate surface area is 121 Å². The Morgan fingerprint density at radius 2 is 1.85 bits per heavy atom. The number of carbonyl (C=O) groups excluding carboxylic acids is 1. The topological polar surface area (TPSA) is 50.4 Å². The Morgan fingerprint density at radius 1 is 1.10 bits per heavy atom. The molecule has 4 nitrogen and oxygen atoms in total. The number of rotatable bonds is 2. The lowest BCUT2D eigenvalue weighted by molar-refractivity contribution is 0.0936. The van der Waals surface area contributed by atoms with Crippen molar-refractivity contribution in [1.29, 1.82) is 0 Å². The van der Waals surface area contributed by atoms with Gasteiger partial charge in [-0.2, -0.15) is 0 Å². The summed E-state index contributed by atoms with van der Waals surface area (Å²) in [6, 6.07) is 12.9. The van der Waals surface area contributed by atoms with Gasteiger partial charge in [0.1, 0.15) is 11.9 Å². The number of benzene rings is 2. The number of amides is 1. The normalized spacial score (nSPS) is 16.9. The van der Waals surface area contributed by atoms with Gasteiger partial charge >= 0.3 is 0 Å². The highest BCUT2D eigenvalue weighted by molar-refractivity contribution is 6.34. The molecule has 0 bridgehead atoms. The Bertz CT molecular complexity index is 655. The Kier molecular flexibility index (Phi) is 3.24. The molecular weight excluding hydrogens is 276 g/mol. The molecule has 1 atom stereocenters. The summed E-state index contributed by atoms with van der Waals surface area (Å²) in [4.78, 5) is 12.2. The molecule has 0 radical (unpaired) electrons. The van der Waals surface area contributed by atoms with Gasteiger partial charge in [0.2, 0.25) is 0 Å². The average Bonchev–Trinajstić information content (AvgIpc) is 2.47. The minimum atomic E-state index is -0.278. The van der Waals surface area contributed by atoms with E-state index in [9.17, 15) is 4.79 Å². The molecule has 20 heavy (non-hydrogen) atoms. The number of hydrogen-bond donors (Lipinski definition) is 2. The van der Waals surface area contributed by atoms with Crippen molar-refractivity contribution in [2.45, 2.75) is 6.17 Å². The summed E-state index contributed by atoms with van der Waals surface area (Å²) < 4.78 is 5.12. The highest BCUT2D eigenvalue weighted by Crippen LogP contribution is 2.31. The van der Waals surface area contributed by atoms with E-state index in [0.29, 0.717) is 10.6 Å². The summed E-state index contributed by atoms with van der Waals surface area (Å²) in [5.41, 5.74) is 2.17. The van der Waals surface area contributed by atoms with Crippen LogP contribution in [0, 0.1) is 0 Å². The molecule has 1 unspecified atom stereocenters. The van der Waals surface area contributed by atoms with Crippen LogP contribution in [0.3, 0.4) is 0 Å². The number of hydrogen-bond acceptors (Lipinski definition) is 3. The molecule has 102 valence electrons. The van der Waals surface area contributed by atoms with Crippen LogP contribution < -0.4 is 15.4 Å². The van der Waals surface area contributed by atoms with Crippen LogP contribution in [-0.4, -0.2) is 13.0 Å². The van der Waals surface area contributed by atoms with Crippen LogP contribution in [0.1, 0.15) is 22.1 Å². The third kappa shape index (κ3) is 2.18. The molecule has 0 saturated carbocycles. The summed E-state index contributed by atoms with van der Waals surface area (Å²) in [7, 11) is 1.62. The van der Waals surface area contributed by atoms with E-state index < -0.39 is 0 Å². The second kappa shape index (κ2) is 5.06. The largest absolute Gasteiger partial charge is 0.497 e. The first-order chi connectivity index (χ1) is 9.69. The first-order valence-corrected chi connectivity index (χ1v) is 6.56. The van der Waals surface area contributed by atoms with E-state index in [1.807, 2.05) is 36.4 Å². The summed E-state index contributed by atoms with van der Waals surface area (Å²) in [6.45, 7) is 0. The molecular formula is C15H13ClN2O2. The van der Waals surface area contributed by atoms with Crippen LogP contribution in [0.15, 0.2) is 42.5 Å². The molecule has 0 saturated heterocycles. The highest BCUT2D eigenvalue weighted by atomic mass is 35.5. The van der Waals surface area contributed by atoms with E-state index in [4.69, 9.17) is 16.3 Å². The molecule has 1 heterocycles. The maximum Gasteiger partial charge on any atom is 0.256 e. The first kappa shape index (κ1) is 12.8. The fourth-order valence-corrected chi connectivity index (χ4v) is 2.49. The van der Waals surface area contributed by atoms with Crippen molar-refractivity contribution in [2.24, 2.45) is 0 Å². The first-order valence-electron chi connectivity index (χ1n) is 6.19. The lowest BCUT2D eigenvalue weighted by atomic mass is 10.1. The minimum Gasteiger partial charge on any atom is -0.497 e. The van der Waals surface area contributed by atoms with Crippen molar-refractivity contribution in [1.82, 2.24) is 5.32 Å². The number of anilines is 1. The number of carbonyl (C=O) groups is 1. The van der Waals surface area contributed by atoms with Gasteiger partial charge in [0, 0.05) is 0 Å². The Morgan fingerprint density at radius 3 is 2.55 bits per heavy atom. The maximum absolute atomic E-state index is 12.2. The maximum atomic E-state index is 12.2. The Balaban J connectivity index is 1.93. The SMILES string of the molecule is COc1ccc(C2NC(=O)c3c(Cl)cccc3N2)cc1. The van der Waals surface area contributed by atoms with Gasteiger partial charge in [-0.25, -0.2) is 0 Å². The molecule has 0 aliphatic carbocycles. The number of ether oxygens (including phenoxy) is 1. The number of fused-ring (bicyclic) bond motifs is 1. The Hall–Kier alpha value is -2.20. The van der Waals surface area contributed by atoms with Crippen molar-refractivity contribution < 1.29 is 9.53 Å². The van der Waals surface area contributed by atoms with Crippen molar-refractivity contribution in [2.75, 3.05) is 12.4 Å². The minimum absolute atomic E-state index is 0.176. The average molecular weight is 289 g/mol. The van der Waals surface area contributed by atoms with Crippen molar-refractivity contribution in [3.63, 3.8) is 0 Å². The summed E-state index contributed by atoms with van der Waals surface area (Å²) in [5.74, 6) is 0.601. The highest BCUT2D eigenvalue weighted by Gasteiger charge is 2.26. The van der Waals surface area contributed by atoms with Gasteiger partial charge in [-0.3, -0.25) is 4.79 Å². The number of methoxy groups -OCH3 is 1.